The number of hydrogen-bond donors (Lipinski definition) is 0. The average molecular weight is 416 g/mol. The highest BCUT2D eigenvalue weighted by atomic mass is 19.3. The second-order valence-electron chi connectivity index (χ2n) is 8.57. The van der Waals surface area contributed by atoms with E-state index in [-0.39, 0.29) is 37.3 Å². The van der Waals surface area contributed by atoms with Crippen molar-refractivity contribution < 1.29 is 22.8 Å². The van der Waals surface area contributed by atoms with Gasteiger partial charge in [-0.2, -0.15) is 0 Å². The van der Waals surface area contributed by atoms with E-state index in [9.17, 15) is 22.8 Å². The fraction of sp³-hybridized carbons (Fsp3) is 0.435. The second-order valence-corrected chi connectivity index (χ2v) is 8.57. The van der Waals surface area contributed by atoms with Crippen LogP contribution in [0.1, 0.15) is 48.3 Å². The molecule has 4 nitrogen and oxygen atoms in total. The molecule has 1 aliphatic carbocycles. The number of halogens is 3. The molecule has 0 N–H and O–H groups in total. The summed E-state index contributed by atoms with van der Waals surface area (Å²) in [5.41, 5.74) is 0.0985. The van der Waals surface area contributed by atoms with E-state index < -0.39 is 41.8 Å². The number of benzene rings is 1. The Bertz CT molecular complexity index is 994. The Kier molecular flexibility index (Phi) is 5.16. The maximum Gasteiger partial charge on any atom is 0.249 e. The quantitative estimate of drug-likeness (QED) is 0.662. The van der Waals surface area contributed by atoms with Crippen molar-refractivity contribution in [2.24, 2.45) is 11.3 Å². The molecule has 0 bridgehead atoms. The van der Waals surface area contributed by atoms with E-state index >= 15 is 0 Å². The van der Waals surface area contributed by atoms with E-state index in [0.29, 0.717) is 11.4 Å². The molecule has 2 heterocycles. The normalized spacial score (nSPS) is 25.7. The molecule has 1 saturated carbocycles. The van der Waals surface area contributed by atoms with Crippen LogP contribution in [0.4, 0.5) is 18.9 Å². The first-order valence-electron chi connectivity index (χ1n) is 10.1. The Morgan fingerprint density at radius 2 is 1.97 bits per heavy atom. The number of ketones is 1. The van der Waals surface area contributed by atoms with Crippen LogP contribution in [0.15, 0.2) is 42.5 Å². The van der Waals surface area contributed by atoms with Crippen molar-refractivity contribution in [3.8, 4) is 0 Å². The predicted molar refractivity (Wildman–Crippen MR) is 106 cm³/mol. The fourth-order valence-electron chi connectivity index (χ4n) is 4.96. The minimum atomic E-state index is -3.03. The lowest BCUT2D eigenvalue weighted by Crippen LogP contribution is -2.45. The van der Waals surface area contributed by atoms with Gasteiger partial charge in [0.05, 0.1) is 5.41 Å². The Labute approximate surface area is 173 Å². The number of alkyl halides is 2. The number of nitrogens with zero attached hydrogens (tertiary/aromatic N) is 2. The Balaban J connectivity index is 1.55. The largest absolute Gasteiger partial charge is 0.312 e. The van der Waals surface area contributed by atoms with Gasteiger partial charge in [0.15, 0.2) is 5.78 Å². The zero-order chi connectivity index (χ0) is 21.5. The standard InChI is InChI=1S/C23H23F3N2O2/c1-15-4-2-7-19(27-15)20(29)10-16-12-22(14-23(25,26)13-16)8-9-28(21(22)30)18-6-3-5-17(24)11-18/h2-7,11,16H,8-10,12-14H2,1H3/t16-,22+/m0/s1. The van der Waals surface area contributed by atoms with Gasteiger partial charge in [-0.15, -0.1) is 0 Å². The molecule has 2 aliphatic rings. The van der Waals surface area contributed by atoms with Gasteiger partial charge in [-0.25, -0.2) is 13.2 Å². The highest BCUT2D eigenvalue weighted by Crippen LogP contribution is 2.53. The molecule has 158 valence electrons. The second kappa shape index (κ2) is 7.52. The molecule has 1 saturated heterocycles. The number of rotatable bonds is 4. The molecule has 1 aromatic heterocycles. The molecule has 0 radical (unpaired) electrons. The number of carbonyl (C=O) groups is 2. The summed E-state index contributed by atoms with van der Waals surface area (Å²) in [6.45, 7) is 2.02. The van der Waals surface area contributed by atoms with Crippen molar-refractivity contribution in [3.05, 3.63) is 59.7 Å². The number of aryl methyl sites for hydroxylation is 1. The van der Waals surface area contributed by atoms with Gasteiger partial charge in [0.1, 0.15) is 11.5 Å². The third kappa shape index (κ3) is 3.98. The van der Waals surface area contributed by atoms with Crippen molar-refractivity contribution in [1.29, 1.82) is 0 Å². The van der Waals surface area contributed by atoms with Crippen LogP contribution in [0.25, 0.3) is 0 Å². The lowest BCUT2D eigenvalue weighted by molar-refractivity contribution is -0.143. The minimum Gasteiger partial charge on any atom is -0.312 e. The first-order chi connectivity index (χ1) is 14.2. The topological polar surface area (TPSA) is 50.3 Å². The lowest BCUT2D eigenvalue weighted by atomic mass is 9.66. The molecule has 2 fully saturated rings. The number of Topliss-reactive ketones (excluding diaryl/α,β-unsaturated/α-hetero) is 1. The molecule has 1 spiro atoms. The van der Waals surface area contributed by atoms with Gasteiger partial charge in [0, 0.05) is 37.2 Å². The van der Waals surface area contributed by atoms with Crippen molar-refractivity contribution in [3.63, 3.8) is 0 Å². The number of hydrogen-bond acceptors (Lipinski definition) is 3. The molecule has 2 atom stereocenters. The number of carbonyl (C=O) groups excluding carboxylic acids is 2. The molecule has 7 heteroatoms. The molecule has 0 unspecified atom stereocenters. The smallest absolute Gasteiger partial charge is 0.249 e. The van der Waals surface area contributed by atoms with Crippen LogP contribution in [0.3, 0.4) is 0 Å². The minimum absolute atomic E-state index is 0.0684. The van der Waals surface area contributed by atoms with Gasteiger partial charge in [-0.05, 0) is 56.0 Å². The summed E-state index contributed by atoms with van der Waals surface area (Å²) >= 11 is 0. The maximum absolute atomic E-state index is 14.7. The van der Waals surface area contributed by atoms with Crippen molar-refractivity contribution in [1.82, 2.24) is 4.98 Å². The molecule has 2 aromatic rings. The van der Waals surface area contributed by atoms with Gasteiger partial charge in [-0.1, -0.05) is 12.1 Å². The Morgan fingerprint density at radius 3 is 2.70 bits per heavy atom. The van der Waals surface area contributed by atoms with Crippen LogP contribution in [-0.2, 0) is 4.79 Å². The summed E-state index contributed by atoms with van der Waals surface area (Å²) in [5, 5.41) is 0. The molecule has 4 rings (SSSR count). The monoisotopic (exact) mass is 416 g/mol. The van der Waals surface area contributed by atoms with Crippen LogP contribution in [-0.4, -0.2) is 29.1 Å². The molecule has 1 amide bonds. The number of pyridine rings is 1. The summed E-state index contributed by atoms with van der Waals surface area (Å²) in [5.74, 6) is -4.82. The highest BCUT2D eigenvalue weighted by Gasteiger charge is 2.57. The van der Waals surface area contributed by atoms with E-state index in [0.717, 1.165) is 0 Å². The molecular formula is C23H23F3N2O2. The Morgan fingerprint density at radius 1 is 1.20 bits per heavy atom. The first kappa shape index (κ1) is 20.6. The molecule has 1 aliphatic heterocycles. The van der Waals surface area contributed by atoms with Crippen LogP contribution < -0.4 is 4.90 Å². The van der Waals surface area contributed by atoms with Crippen LogP contribution in [0, 0.1) is 24.1 Å². The van der Waals surface area contributed by atoms with E-state index in [4.69, 9.17) is 0 Å². The van der Waals surface area contributed by atoms with Gasteiger partial charge in [-0.3, -0.25) is 14.6 Å². The summed E-state index contributed by atoms with van der Waals surface area (Å²) < 4.78 is 43.0. The number of aromatic nitrogens is 1. The lowest BCUT2D eigenvalue weighted by Gasteiger charge is -2.40. The van der Waals surface area contributed by atoms with E-state index in [1.54, 1.807) is 31.2 Å². The number of amides is 1. The molecular weight excluding hydrogens is 393 g/mol. The van der Waals surface area contributed by atoms with E-state index in [1.165, 1.54) is 23.1 Å². The molecule has 30 heavy (non-hydrogen) atoms. The van der Waals surface area contributed by atoms with Gasteiger partial charge >= 0.3 is 0 Å². The summed E-state index contributed by atoms with van der Waals surface area (Å²) in [4.78, 5) is 31.4. The predicted octanol–water partition coefficient (Wildman–Crippen LogP) is 4.96. The van der Waals surface area contributed by atoms with Crippen molar-refractivity contribution in [2.45, 2.75) is 45.0 Å². The van der Waals surface area contributed by atoms with Crippen LogP contribution in [0.5, 0.6) is 0 Å². The van der Waals surface area contributed by atoms with E-state index in [1.807, 2.05) is 0 Å². The summed E-state index contributed by atoms with van der Waals surface area (Å²) in [6, 6.07) is 10.7. The summed E-state index contributed by atoms with van der Waals surface area (Å²) in [6.07, 6.45) is -0.519. The van der Waals surface area contributed by atoms with Gasteiger partial charge in [0.25, 0.3) is 0 Å². The van der Waals surface area contributed by atoms with E-state index in [2.05, 4.69) is 4.98 Å². The van der Waals surface area contributed by atoms with Gasteiger partial charge < -0.3 is 4.90 Å². The summed E-state index contributed by atoms with van der Waals surface area (Å²) in [7, 11) is 0. The van der Waals surface area contributed by atoms with Crippen molar-refractivity contribution in [2.75, 3.05) is 11.4 Å². The average Bonchev–Trinajstić information content (AvgIpc) is 2.95. The third-order valence-electron chi connectivity index (χ3n) is 6.14. The van der Waals surface area contributed by atoms with Gasteiger partial charge in [0.2, 0.25) is 11.8 Å². The van der Waals surface area contributed by atoms with Crippen LogP contribution in [0.2, 0.25) is 0 Å². The SMILES string of the molecule is Cc1cccc(C(=O)C[C@@H]2CC(F)(F)C[C@@]3(CCN(c4cccc(F)c4)C3=O)C2)n1. The number of anilines is 1. The van der Waals surface area contributed by atoms with Crippen molar-refractivity contribution >= 4 is 17.4 Å². The Hall–Kier alpha value is -2.70. The fourth-order valence-corrected chi connectivity index (χ4v) is 4.96. The highest BCUT2D eigenvalue weighted by molar-refractivity contribution is 6.00. The maximum atomic E-state index is 14.7. The van der Waals surface area contributed by atoms with Crippen LogP contribution >= 0.6 is 0 Å². The zero-order valence-electron chi connectivity index (χ0n) is 16.7. The third-order valence-corrected chi connectivity index (χ3v) is 6.14. The zero-order valence-corrected chi connectivity index (χ0v) is 16.7. The first-order valence-corrected chi connectivity index (χ1v) is 10.1. The molecule has 1 aromatic carbocycles.